The van der Waals surface area contributed by atoms with E-state index in [1.807, 2.05) is 54.6 Å². The Hall–Kier alpha value is -3.74. The summed E-state index contributed by atoms with van der Waals surface area (Å²) >= 11 is 0. The fraction of sp³-hybridized carbons (Fsp3) is 0.100. The van der Waals surface area contributed by atoms with Crippen LogP contribution in [0.3, 0.4) is 0 Å². The van der Waals surface area contributed by atoms with Crippen molar-refractivity contribution in [3.8, 4) is 0 Å². The highest BCUT2D eigenvalue weighted by atomic mass is 16.5. The Kier molecular flexibility index (Phi) is 4.74. The number of nitrogens with zero attached hydrogens (tertiary/aromatic N) is 4. The molecule has 4 rings (SSSR count). The van der Waals surface area contributed by atoms with Crippen LogP contribution in [0.25, 0.3) is 17.2 Å². The molecule has 0 spiro atoms. The van der Waals surface area contributed by atoms with Gasteiger partial charge in [0.05, 0.1) is 12.7 Å². The minimum absolute atomic E-state index is 0.0292. The lowest BCUT2D eigenvalue weighted by Gasteiger charge is -1.99. The van der Waals surface area contributed by atoms with Gasteiger partial charge in [-0.15, -0.1) is 5.10 Å². The van der Waals surface area contributed by atoms with Gasteiger partial charge in [0.25, 0.3) is 0 Å². The van der Waals surface area contributed by atoms with Gasteiger partial charge in [-0.25, -0.2) is 14.5 Å². The Balaban J connectivity index is 1.32. The molecule has 0 unspecified atom stereocenters. The third-order valence-corrected chi connectivity index (χ3v) is 3.81. The second-order valence-corrected chi connectivity index (χ2v) is 5.84. The van der Waals surface area contributed by atoms with Crippen molar-refractivity contribution in [2.24, 2.45) is 0 Å². The maximum Gasteiger partial charge on any atom is 0.331 e. The first-order valence-electron chi connectivity index (χ1n) is 8.39. The van der Waals surface area contributed by atoms with E-state index in [0.717, 1.165) is 11.1 Å². The number of esters is 1. The highest BCUT2D eigenvalue weighted by Gasteiger charge is 2.07. The van der Waals surface area contributed by atoms with E-state index in [-0.39, 0.29) is 6.61 Å². The number of aromatic nitrogens is 4. The van der Waals surface area contributed by atoms with Gasteiger partial charge in [-0.05, 0) is 23.8 Å². The van der Waals surface area contributed by atoms with Crippen molar-refractivity contribution in [1.82, 2.24) is 20.0 Å². The zero-order valence-corrected chi connectivity index (χ0v) is 14.4. The van der Waals surface area contributed by atoms with E-state index in [1.54, 1.807) is 17.0 Å². The van der Waals surface area contributed by atoms with Crippen molar-refractivity contribution >= 4 is 23.1 Å². The number of hydrogen-bond donors (Lipinski definition) is 0. The summed E-state index contributed by atoms with van der Waals surface area (Å²) in [6, 6.07) is 17.3. The monoisotopic (exact) mass is 360 g/mol. The van der Waals surface area contributed by atoms with Crippen molar-refractivity contribution in [3.63, 3.8) is 0 Å². The highest BCUT2D eigenvalue weighted by molar-refractivity contribution is 5.86. The van der Waals surface area contributed by atoms with Gasteiger partial charge in [0, 0.05) is 6.08 Å². The van der Waals surface area contributed by atoms with Gasteiger partial charge in [-0.1, -0.05) is 47.7 Å². The molecule has 0 aliphatic carbocycles. The maximum atomic E-state index is 11.9. The Labute approximate surface area is 154 Å². The third-order valence-electron chi connectivity index (χ3n) is 3.81. The smallest absolute Gasteiger partial charge is 0.331 e. The molecule has 7 nitrogen and oxygen atoms in total. The largest absolute Gasteiger partial charge is 0.453 e. The molecule has 2 aromatic heterocycles. The number of oxazole rings is 1. The summed E-state index contributed by atoms with van der Waals surface area (Å²) in [5.74, 6) is -0.151. The van der Waals surface area contributed by atoms with Gasteiger partial charge in [0.1, 0.15) is 11.2 Å². The second kappa shape index (κ2) is 7.65. The molecular formula is C20H16N4O3. The van der Waals surface area contributed by atoms with Crippen LogP contribution < -0.4 is 0 Å². The predicted octanol–water partition coefficient (Wildman–Crippen LogP) is 3.22. The molecule has 0 radical (unpaired) electrons. The Morgan fingerprint density at radius 2 is 1.93 bits per heavy atom. The molecule has 4 aromatic rings. The average Bonchev–Trinajstić information content (AvgIpc) is 3.32. The first kappa shape index (κ1) is 16.7. The minimum Gasteiger partial charge on any atom is -0.453 e. The SMILES string of the molecule is O=C(/C=C/c1cn(Cc2ccccc2)nn1)OCc1nc2ccccc2o1. The number of benzene rings is 2. The molecular weight excluding hydrogens is 344 g/mol. The van der Waals surface area contributed by atoms with Gasteiger partial charge in [0.2, 0.25) is 5.89 Å². The summed E-state index contributed by atoms with van der Waals surface area (Å²) in [6.45, 7) is 0.586. The molecule has 0 amide bonds. The minimum atomic E-state index is -0.505. The number of para-hydroxylation sites is 2. The fourth-order valence-electron chi connectivity index (χ4n) is 2.55. The van der Waals surface area contributed by atoms with E-state index >= 15 is 0 Å². The van der Waals surface area contributed by atoms with E-state index in [0.29, 0.717) is 23.7 Å². The maximum absolute atomic E-state index is 11.9. The number of carbonyl (C=O) groups is 1. The highest BCUT2D eigenvalue weighted by Crippen LogP contribution is 2.15. The number of carbonyl (C=O) groups excluding carboxylic acids is 1. The molecule has 0 fully saturated rings. The molecule has 2 heterocycles. The molecule has 0 N–H and O–H groups in total. The number of hydrogen-bond acceptors (Lipinski definition) is 6. The van der Waals surface area contributed by atoms with E-state index in [2.05, 4.69) is 15.3 Å². The van der Waals surface area contributed by atoms with E-state index in [4.69, 9.17) is 9.15 Å². The van der Waals surface area contributed by atoms with Crippen molar-refractivity contribution < 1.29 is 13.9 Å². The van der Waals surface area contributed by atoms with Crippen molar-refractivity contribution in [2.75, 3.05) is 0 Å². The molecule has 0 atom stereocenters. The standard InChI is InChI=1S/C20H16N4O3/c25-20(26-14-19-21-17-8-4-5-9-18(17)27-19)11-10-16-13-24(23-22-16)12-15-6-2-1-3-7-15/h1-11,13H,12,14H2/b11-10+. The molecule has 2 aromatic carbocycles. The van der Waals surface area contributed by atoms with Crippen LogP contribution in [0.4, 0.5) is 0 Å². The van der Waals surface area contributed by atoms with Crippen LogP contribution in [0, 0.1) is 0 Å². The van der Waals surface area contributed by atoms with Gasteiger partial charge in [0.15, 0.2) is 12.2 Å². The first-order chi connectivity index (χ1) is 13.3. The summed E-state index contributed by atoms with van der Waals surface area (Å²) < 4.78 is 12.4. The van der Waals surface area contributed by atoms with Crippen molar-refractivity contribution in [3.05, 3.63) is 84.0 Å². The van der Waals surface area contributed by atoms with Crippen LogP contribution >= 0.6 is 0 Å². The molecule has 7 heteroatoms. The third kappa shape index (κ3) is 4.27. The lowest BCUT2D eigenvalue weighted by atomic mass is 10.2. The Morgan fingerprint density at radius 3 is 2.78 bits per heavy atom. The fourth-order valence-corrected chi connectivity index (χ4v) is 2.55. The number of rotatable bonds is 6. The number of ether oxygens (including phenoxy) is 1. The topological polar surface area (TPSA) is 83.0 Å². The molecule has 0 aliphatic heterocycles. The molecule has 27 heavy (non-hydrogen) atoms. The summed E-state index contributed by atoms with van der Waals surface area (Å²) in [5.41, 5.74) is 3.09. The lowest BCUT2D eigenvalue weighted by Crippen LogP contribution is -2.00. The van der Waals surface area contributed by atoms with Gasteiger partial charge in [-0.3, -0.25) is 0 Å². The van der Waals surface area contributed by atoms with Gasteiger partial charge in [-0.2, -0.15) is 0 Å². The number of fused-ring (bicyclic) bond motifs is 1. The Bertz CT molecular complexity index is 1050. The predicted molar refractivity (Wildman–Crippen MR) is 98.4 cm³/mol. The summed E-state index contributed by atoms with van der Waals surface area (Å²) in [6.07, 6.45) is 4.63. The Morgan fingerprint density at radius 1 is 1.11 bits per heavy atom. The average molecular weight is 360 g/mol. The van der Waals surface area contributed by atoms with Crippen LogP contribution in [0.2, 0.25) is 0 Å². The van der Waals surface area contributed by atoms with Crippen LogP contribution in [-0.2, 0) is 22.7 Å². The molecule has 0 bridgehead atoms. The molecule has 134 valence electrons. The second-order valence-electron chi connectivity index (χ2n) is 5.84. The van der Waals surface area contributed by atoms with E-state index < -0.39 is 5.97 Å². The molecule has 0 saturated heterocycles. The van der Waals surface area contributed by atoms with Crippen LogP contribution in [0.1, 0.15) is 17.1 Å². The summed E-state index contributed by atoms with van der Waals surface area (Å²) in [5, 5.41) is 8.06. The molecule has 0 aliphatic rings. The zero-order chi connectivity index (χ0) is 18.5. The van der Waals surface area contributed by atoms with E-state index in [1.165, 1.54) is 6.08 Å². The first-order valence-corrected chi connectivity index (χ1v) is 8.39. The lowest BCUT2D eigenvalue weighted by molar-refractivity contribution is -0.139. The molecule has 0 saturated carbocycles. The summed E-state index contributed by atoms with van der Waals surface area (Å²) in [4.78, 5) is 16.1. The van der Waals surface area contributed by atoms with Crippen LogP contribution in [0.5, 0.6) is 0 Å². The van der Waals surface area contributed by atoms with Crippen LogP contribution in [-0.4, -0.2) is 25.9 Å². The van der Waals surface area contributed by atoms with Crippen LogP contribution in [0.15, 0.2) is 71.3 Å². The quantitative estimate of drug-likeness (QED) is 0.388. The van der Waals surface area contributed by atoms with Gasteiger partial charge < -0.3 is 9.15 Å². The van der Waals surface area contributed by atoms with Crippen molar-refractivity contribution in [2.45, 2.75) is 13.2 Å². The van der Waals surface area contributed by atoms with Crippen molar-refractivity contribution in [1.29, 1.82) is 0 Å². The summed E-state index contributed by atoms with van der Waals surface area (Å²) in [7, 11) is 0. The zero-order valence-electron chi connectivity index (χ0n) is 14.4. The van der Waals surface area contributed by atoms with E-state index in [9.17, 15) is 4.79 Å². The van der Waals surface area contributed by atoms with Gasteiger partial charge >= 0.3 is 5.97 Å². The normalized spacial score (nSPS) is 11.3.